The van der Waals surface area contributed by atoms with Gasteiger partial charge in [0.05, 0.1) is 24.3 Å². The van der Waals surface area contributed by atoms with Crippen LogP contribution in [0.2, 0.25) is 0 Å². The Kier molecular flexibility index (Phi) is 4.79. The molecule has 0 spiro atoms. The molecule has 6 heteroatoms. The number of hydrogen-bond acceptors (Lipinski definition) is 6. The van der Waals surface area contributed by atoms with Crippen molar-refractivity contribution >= 4 is 22.7 Å². The second kappa shape index (κ2) is 7.01. The fraction of sp³-hybridized carbons (Fsp3) is 0.368. The smallest absolute Gasteiger partial charge is 0.339 e. The van der Waals surface area contributed by atoms with Gasteiger partial charge in [-0.1, -0.05) is 6.92 Å². The summed E-state index contributed by atoms with van der Waals surface area (Å²) in [6, 6.07) is 5.26. The van der Waals surface area contributed by atoms with Gasteiger partial charge in [0.25, 0.3) is 0 Å². The lowest BCUT2D eigenvalue weighted by Crippen LogP contribution is -2.15. The number of carbonyl (C=O) groups excluding carboxylic acids is 2. The average Bonchev–Trinajstić information content (AvgIpc) is 3.05. The molecule has 0 unspecified atom stereocenters. The van der Waals surface area contributed by atoms with Gasteiger partial charge in [0.2, 0.25) is 6.79 Å². The summed E-state index contributed by atoms with van der Waals surface area (Å²) in [7, 11) is 0. The number of esters is 2. The van der Waals surface area contributed by atoms with Crippen LogP contribution in [-0.2, 0) is 15.9 Å². The molecule has 0 aromatic heterocycles. The van der Waals surface area contributed by atoms with Crippen LogP contribution in [-0.4, -0.2) is 31.9 Å². The fourth-order valence-corrected chi connectivity index (χ4v) is 3.03. The van der Waals surface area contributed by atoms with E-state index >= 15 is 0 Å². The topological polar surface area (TPSA) is 71.1 Å². The molecule has 3 rings (SSSR count). The Morgan fingerprint density at radius 1 is 0.960 bits per heavy atom. The highest BCUT2D eigenvalue weighted by Crippen LogP contribution is 2.39. The minimum absolute atomic E-state index is 0.131. The molecule has 2 aromatic carbocycles. The average molecular weight is 344 g/mol. The first kappa shape index (κ1) is 17.1. The number of benzene rings is 2. The third-order valence-corrected chi connectivity index (χ3v) is 4.07. The Balaban J connectivity index is 2.31. The third kappa shape index (κ3) is 2.99. The van der Waals surface area contributed by atoms with Crippen LogP contribution in [0.1, 0.15) is 47.1 Å². The molecule has 0 N–H and O–H groups in total. The number of fused-ring (bicyclic) bond motifs is 2. The summed E-state index contributed by atoms with van der Waals surface area (Å²) in [5, 5.41) is 1.38. The molecule has 0 saturated carbocycles. The molecule has 132 valence electrons. The highest BCUT2D eigenvalue weighted by atomic mass is 16.7. The molecule has 0 amide bonds. The van der Waals surface area contributed by atoms with Crippen molar-refractivity contribution in [1.82, 2.24) is 0 Å². The standard InChI is InChI=1S/C19H20O6/c1-4-12-14(18(20)22-5-2)7-11-8-15-16(25-10-24-15)9-13(11)17(12)19(21)23-6-3/h7-9H,4-6,10H2,1-3H3. The van der Waals surface area contributed by atoms with Crippen LogP contribution in [0.15, 0.2) is 18.2 Å². The summed E-state index contributed by atoms with van der Waals surface area (Å²) in [6.45, 7) is 6.02. The van der Waals surface area contributed by atoms with Crippen LogP contribution >= 0.6 is 0 Å². The maximum absolute atomic E-state index is 12.6. The summed E-state index contributed by atoms with van der Waals surface area (Å²) >= 11 is 0. The second-order valence-corrected chi connectivity index (χ2v) is 5.50. The number of rotatable bonds is 5. The Morgan fingerprint density at radius 3 is 2.24 bits per heavy atom. The van der Waals surface area contributed by atoms with E-state index in [1.54, 1.807) is 32.0 Å². The van der Waals surface area contributed by atoms with Crippen LogP contribution in [0.5, 0.6) is 11.5 Å². The van der Waals surface area contributed by atoms with Crippen molar-refractivity contribution in [2.24, 2.45) is 0 Å². The first-order valence-corrected chi connectivity index (χ1v) is 8.34. The molecular weight excluding hydrogens is 324 g/mol. The number of carbonyl (C=O) groups is 2. The molecule has 1 aliphatic rings. The molecule has 6 nitrogen and oxygen atoms in total. The zero-order valence-corrected chi connectivity index (χ0v) is 14.5. The Hall–Kier alpha value is -2.76. The van der Waals surface area contributed by atoms with Crippen LogP contribution in [0.25, 0.3) is 10.8 Å². The van der Waals surface area contributed by atoms with E-state index in [9.17, 15) is 9.59 Å². The predicted octanol–water partition coefficient (Wildman–Crippen LogP) is 3.48. The van der Waals surface area contributed by atoms with Gasteiger partial charge in [-0.05, 0) is 49.4 Å². The minimum Gasteiger partial charge on any atom is -0.462 e. The third-order valence-electron chi connectivity index (χ3n) is 4.07. The summed E-state index contributed by atoms with van der Waals surface area (Å²) in [5.74, 6) is 0.240. The second-order valence-electron chi connectivity index (χ2n) is 5.50. The molecule has 0 radical (unpaired) electrons. The number of hydrogen-bond donors (Lipinski definition) is 0. The van der Waals surface area contributed by atoms with Crippen molar-refractivity contribution in [3.8, 4) is 11.5 Å². The van der Waals surface area contributed by atoms with Crippen molar-refractivity contribution in [2.75, 3.05) is 20.0 Å². The van der Waals surface area contributed by atoms with Crippen LogP contribution in [0.4, 0.5) is 0 Å². The Bertz CT molecular complexity index is 840. The maximum atomic E-state index is 12.6. The van der Waals surface area contributed by atoms with E-state index in [0.29, 0.717) is 45.4 Å². The molecule has 0 fully saturated rings. The van der Waals surface area contributed by atoms with E-state index in [1.165, 1.54) is 0 Å². The zero-order valence-electron chi connectivity index (χ0n) is 14.5. The van der Waals surface area contributed by atoms with Gasteiger partial charge in [-0.2, -0.15) is 0 Å². The van der Waals surface area contributed by atoms with Crippen LogP contribution < -0.4 is 9.47 Å². The molecule has 1 aliphatic heterocycles. The summed E-state index contributed by atoms with van der Waals surface area (Å²) in [6.07, 6.45) is 0.493. The molecule has 0 atom stereocenters. The monoisotopic (exact) mass is 344 g/mol. The summed E-state index contributed by atoms with van der Waals surface area (Å²) in [4.78, 5) is 25.0. The van der Waals surface area contributed by atoms with Crippen molar-refractivity contribution < 1.29 is 28.5 Å². The summed E-state index contributed by atoms with van der Waals surface area (Å²) in [5.41, 5.74) is 1.37. The van der Waals surface area contributed by atoms with Gasteiger partial charge in [0.1, 0.15) is 0 Å². The highest BCUT2D eigenvalue weighted by molar-refractivity contribution is 6.10. The zero-order chi connectivity index (χ0) is 18.0. The maximum Gasteiger partial charge on any atom is 0.339 e. The van der Waals surface area contributed by atoms with E-state index in [0.717, 1.165) is 0 Å². The quantitative estimate of drug-likeness (QED) is 0.773. The molecule has 25 heavy (non-hydrogen) atoms. The van der Waals surface area contributed by atoms with E-state index < -0.39 is 11.9 Å². The minimum atomic E-state index is -0.464. The van der Waals surface area contributed by atoms with E-state index in [2.05, 4.69) is 0 Å². The van der Waals surface area contributed by atoms with Crippen LogP contribution in [0, 0.1) is 0 Å². The van der Waals surface area contributed by atoms with Crippen molar-refractivity contribution in [1.29, 1.82) is 0 Å². The SMILES string of the molecule is CCOC(=O)c1cc2cc3c(cc2c(C(=O)OCC)c1CC)OCO3. The largest absolute Gasteiger partial charge is 0.462 e. The normalized spacial score (nSPS) is 12.3. The van der Waals surface area contributed by atoms with E-state index in [1.807, 2.05) is 6.92 Å². The van der Waals surface area contributed by atoms with Gasteiger partial charge in [-0.15, -0.1) is 0 Å². The van der Waals surface area contributed by atoms with Gasteiger partial charge < -0.3 is 18.9 Å². The summed E-state index contributed by atoms with van der Waals surface area (Å²) < 4.78 is 21.2. The van der Waals surface area contributed by atoms with Gasteiger partial charge in [-0.25, -0.2) is 9.59 Å². The lowest BCUT2D eigenvalue weighted by molar-refractivity contribution is 0.0524. The van der Waals surface area contributed by atoms with Crippen molar-refractivity contribution in [3.05, 3.63) is 34.9 Å². The Labute approximate surface area is 145 Å². The molecular formula is C19H20O6. The molecule has 2 aromatic rings. The van der Waals surface area contributed by atoms with Gasteiger partial charge in [0, 0.05) is 5.39 Å². The first-order chi connectivity index (χ1) is 12.1. The van der Waals surface area contributed by atoms with Gasteiger partial charge in [0.15, 0.2) is 11.5 Å². The van der Waals surface area contributed by atoms with Gasteiger partial charge in [-0.3, -0.25) is 0 Å². The molecule has 0 aliphatic carbocycles. The fourth-order valence-electron chi connectivity index (χ4n) is 3.03. The Morgan fingerprint density at radius 2 is 1.60 bits per heavy atom. The molecule has 1 heterocycles. The lowest BCUT2D eigenvalue weighted by Gasteiger charge is -2.16. The number of ether oxygens (including phenoxy) is 4. The molecule has 0 saturated heterocycles. The highest BCUT2D eigenvalue weighted by Gasteiger charge is 2.25. The van der Waals surface area contributed by atoms with Crippen molar-refractivity contribution in [3.63, 3.8) is 0 Å². The first-order valence-electron chi connectivity index (χ1n) is 8.34. The predicted molar refractivity (Wildman–Crippen MR) is 91.4 cm³/mol. The van der Waals surface area contributed by atoms with E-state index in [4.69, 9.17) is 18.9 Å². The van der Waals surface area contributed by atoms with E-state index in [-0.39, 0.29) is 20.0 Å². The molecule has 0 bridgehead atoms. The lowest BCUT2D eigenvalue weighted by atomic mass is 9.92. The van der Waals surface area contributed by atoms with Gasteiger partial charge >= 0.3 is 11.9 Å². The van der Waals surface area contributed by atoms with Crippen molar-refractivity contribution in [2.45, 2.75) is 27.2 Å². The van der Waals surface area contributed by atoms with Crippen LogP contribution in [0.3, 0.4) is 0 Å².